The molecule has 0 heterocycles. The van der Waals surface area contributed by atoms with Crippen LogP contribution in [0.1, 0.15) is 0 Å². The van der Waals surface area contributed by atoms with Crippen molar-refractivity contribution in [2.75, 3.05) is 0 Å². The summed E-state index contributed by atoms with van der Waals surface area (Å²) in [5.41, 5.74) is 7.58. The van der Waals surface area contributed by atoms with E-state index in [0.29, 0.717) is 0 Å². The van der Waals surface area contributed by atoms with Crippen LogP contribution in [0, 0.1) is 0 Å². The third-order valence-electron chi connectivity index (χ3n) is 9.18. The monoisotopic (exact) mass is 556 g/mol. The second-order valence-electron chi connectivity index (χ2n) is 11.7. The zero-order chi connectivity index (χ0) is 29.0. The van der Waals surface area contributed by atoms with E-state index in [-0.39, 0.29) is 0 Å². The molecule has 0 unspecified atom stereocenters. The van der Waals surface area contributed by atoms with Crippen LogP contribution in [0.3, 0.4) is 0 Å². The zero-order valence-electron chi connectivity index (χ0n) is 24.2. The van der Waals surface area contributed by atoms with Gasteiger partial charge in [-0.25, -0.2) is 0 Å². The van der Waals surface area contributed by atoms with Crippen molar-refractivity contribution in [1.82, 2.24) is 0 Å². The summed E-state index contributed by atoms with van der Waals surface area (Å²) in [6.45, 7) is 0. The van der Waals surface area contributed by atoms with Crippen molar-refractivity contribution < 1.29 is 0 Å². The molecule has 0 radical (unpaired) electrons. The molecule has 0 aliphatic heterocycles. The summed E-state index contributed by atoms with van der Waals surface area (Å²) in [6, 6.07) is 62.4. The van der Waals surface area contributed by atoms with Gasteiger partial charge in [0.05, 0.1) is 0 Å². The van der Waals surface area contributed by atoms with Gasteiger partial charge in [-0.1, -0.05) is 146 Å². The highest BCUT2D eigenvalue weighted by Gasteiger charge is 2.17. The van der Waals surface area contributed by atoms with Gasteiger partial charge in [0.15, 0.2) is 0 Å². The molecule has 0 bridgehead atoms. The van der Waals surface area contributed by atoms with Gasteiger partial charge in [0, 0.05) is 0 Å². The van der Waals surface area contributed by atoms with Crippen LogP contribution in [0.25, 0.3) is 87.2 Å². The van der Waals surface area contributed by atoms with Gasteiger partial charge in [0.2, 0.25) is 0 Å². The summed E-state index contributed by atoms with van der Waals surface area (Å²) in [5.74, 6) is 0. The summed E-state index contributed by atoms with van der Waals surface area (Å²) in [4.78, 5) is 0. The summed E-state index contributed by atoms with van der Waals surface area (Å²) in [6.07, 6.45) is 0. The molecule has 0 N–H and O–H groups in total. The molecule has 0 atom stereocenters. The number of benzene rings is 9. The number of hydrogen-bond donors (Lipinski definition) is 0. The van der Waals surface area contributed by atoms with E-state index in [1.165, 1.54) is 87.2 Å². The Hall–Kier alpha value is -5.72. The van der Waals surface area contributed by atoms with E-state index in [0.717, 1.165) is 0 Å². The van der Waals surface area contributed by atoms with E-state index < -0.39 is 0 Å². The second-order valence-corrected chi connectivity index (χ2v) is 11.7. The van der Waals surface area contributed by atoms with E-state index >= 15 is 0 Å². The van der Waals surface area contributed by atoms with Crippen LogP contribution in [0.2, 0.25) is 0 Å². The predicted molar refractivity (Wildman–Crippen MR) is 190 cm³/mol. The minimum Gasteiger partial charge on any atom is -0.0616 e. The normalized spacial score (nSPS) is 11.6. The van der Waals surface area contributed by atoms with Gasteiger partial charge < -0.3 is 0 Å². The molecule has 0 aliphatic rings. The van der Waals surface area contributed by atoms with Gasteiger partial charge in [-0.3, -0.25) is 0 Å². The summed E-state index contributed by atoms with van der Waals surface area (Å²) < 4.78 is 0. The van der Waals surface area contributed by atoms with Crippen molar-refractivity contribution in [1.29, 1.82) is 0 Å². The maximum Gasteiger partial charge on any atom is -0.00262 e. The average molecular weight is 557 g/mol. The lowest BCUT2D eigenvalue weighted by Gasteiger charge is -2.18. The summed E-state index contributed by atoms with van der Waals surface area (Å²) >= 11 is 0. The molecule has 0 amide bonds. The molecule has 0 saturated heterocycles. The van der Waals surface area contributed by atoms with Gasteiger partial charge in [-0.05, 0) is 112 Å². The fraction of sp³-hybridized carbons (Fsp3) is 0. The van der Waals surface area contributed by atoms with Crippen molar-refractivity contribution in [3.05, 3.63) is 170 Å². The standard InChI is InChI=1S/C44H28/c1-3-11-31-25-33(19-17-29(31)9-1)34-20-21-36-28-38(24-22-35(36)26-34)44-41-15-7-5-13-39(41)43(40-14-6-8-16-42(40)44)37-23-18-30-10-2-4-12-32(30)27-37/h1-28H. The van der Waals surface area contributed by atoms with E-state index in [4.69, 9.17) is 0 Å². The Balaban J connectivity index is 1.23. The maximum atomic E-state index is 2.36. The van der Waals surface area contributed by atoms with Crippen molar-refractivity contribution in [2.45, 2.75) is 0 Å². The zero-order valence-corrected chi connectivity index (χ0v) is 24.2. The Morgan fingerprint density at radius 1 is 0.205 bits per heavy atom. The fourth-order valence-electron chi connectivity index (χ4n) is 7.04. The predicted octanol–water partition coefficient (Wildman–Crippen LogP) is 12.5. The Morgan fingerprint density at radius 3 is 0.886 bits per heavy atom. The summed E-state index contributed by atoms with van der Waals surface area (Å²) in [5, 5.41) is 12.7. The van der Waals surface area contributed by atoms with E-state index in [9.17, 15) is 0 Å². The lowest BCUT2D eigenvalue weighted by Crippen LogP contribution is -1.91. The molecule has 44 heavy (non-hydrogen) atoms. The third kappa shape index (κ3) is 4.00. The van der Waals surface area contributed by atoms with Crippen molar-refractivity contribution in [2.24, 2.45) is 0 Å². The second kappa shape index (κ2) is 9.93. The van der Waals surface area contributed by atoms with Crippen LogP contribution in [-0.4, -0.2) is 0 Å². The largest absolute Gasteiger partial charge is 0.0616 e. The molecular formula is C44H28. The van der Waals surface area contributed by atoms with Gasteiger partial charge >= 0.3 is 0 Å². The summed E-state index contributed by atoms with van der Waals surface area (Å²) in [7, 11) is 0. The highest BCUT2D eigenvalue weighted by molar-refractivity contribution is 6.22. The van der Waals surface area contributed by atoms with Crippen LogP contribution < -0.4 is 0 Å². The number of rotatable bonds is 3. The van der Waals surface area contributed by atoms with E-state index in [1.54, 1.807) is 0 Å². The SMILES string of the molecule is c1ccc2cc(-c3ccc4cc(-c5c6ccccc6c(-c6ccc7ccccc7c6)c6ccccc56)ccc4c3)ccc2c1. The van der Waals surface area contributed by atoms with Gasteiger partial charge in [-0.2, -0.15) is 0 Å². The van der Waals surface area contributed by atoms with E-state index in [2.05, 4.69) is 170 Å². The van der Waals surface area contributed by atoms with Gasteiger partial charge in [0.25, 0.3) is 0 Å². The van der Waals surface area contributed by atoms with Crippen LogP contribution in [0.4, 0.5) is 0 Å². The smallest absolute Gasteiger partial charge is 0.00262 e. The molecule has 0 spiro atoms. The lowest BCUT2D eigenvalue weighted by molar-refractivity contribution is 1.66. The topological polar surface area (TPSA) is 0 Å². The number of fused-ring (bicyclic) bond motifs is 5. The molecule has 9 aromatic carbocycles. The lowest BCUT2D eigenvalue weighted by atomic mass is 9.85. The Morgan fingerprint density at radius 2 is 0.477 bits per heavy atom. The van der Waals surface area contributed by atoms with Crippen LogP contribution in [0.15, 0.2) is 170 Å². The highest BCUT2D eigenvalue weighted by Crippen LogP contribution is 2.44. The molecule has 9 rings (SSSR count). The van der Waals surface area contributed by atoms with Crippen molar-refractivity contribution in [3.8, 4) is 33.4 Å². The third-order valence-corrected chi connectivity index (χ3v) is 9.18. The van der Waals surface area contributed by atoms with Crippen LogP contribution in [-0.2, 0) is 0 Å². The van der Waals surface area contributed by atoms with Crippen molar-refractivity contribution >= 4 is 53.9 Å². The molecule has 0 heteroatoms. The minimum absolute atomic E-state index is 1.24. The van der Waals surface area contributed by atoms with Gasteiger partial charge in [-0.15, -0.1) is 0 Å². The first-order valence-corrected chi connectivity index (χ1v) is 15.3. The van der Waals surface area contributed by atoms with Gasteiger partial charge in [0.1, 0.15) is 0 Å². The fourth-order valence-corrected chi connectivity index (χ4v) is 7.04. The van der Waals surface area contributed by atoms with Crippen LogP contribution >= 0.6 is 0 Å². The highest BCUT2D eigenvalue weighted by atomic mass is 14.2. The minimum atomic E-state index is 1.24. The first kappa shape index (κ1) is 24.8. The maximum absolute atomic E-state index is 2.36. The molecule has 0 nitrogen and oxygen atoms in total. The quantitative estimate of drug-likeness (QED) is 0.190. The van der Waals surface area contributed by atoms with Crippen LogP contribution in [0.5, 0.6) is 0 Å². The number of hydrogen-bond acceptors (Lipinski definition) is 0. The molecular weight excluding hydrogens is 528 g/mol. The Bertz CT molecular complexity index is 2490. The Labute approximate surface area is 256 Å². The molecule has 0 aromatic heterocycles. The molecule has 204 valence electrons. The molecule has 0 fully saturated rings. The first-order valence-electron chi connectivity index (χ1n) is 15.3. The Kier molecular flexibility index (Phi) is 5.61. The first-order chi connectivity index (χ1) is 21.8. The van der Waals surface area contributed by atoms with Crippen molar-refractivity contribution in [3.63, 3.8) is 0 Å². The molecule has 9 aromatic rings. The van der Waals surface area contributed by atoms with E-state index in [1.807, 2.05) is 0 Å². The average Bonchev–Trinajstić information content (AvgIpc) is 3.09. The molecule has 0 saturated carbocycles. The molecule has 0 aliphatic carbocycles.